The third-order valence-electron chi connectivity index (χ3n) is 3.27. The number of rotatable bonds is 5. The zero-order valence-corrected chi connectivity index (χ0v) is 13.8. The Labute approximate surface area is 146 Å². The van der Waals surface area contributed by atoms with E-state index in [1.165, 1.54) is 18.2 Å². The molecule has 1 aromatic heterocycles. The van der Waals surface area contributed by atoms with Crippen molar-refractivity contribution in [2.75, 3.05) is 4.31 Å². The van der Waals surface area contributed by atoms with Crippen LogP contribution in [0.3, 0.4) is 0 Å². The van der Waals surface area contributed by atoms with Crippen molar-refractivity contribution < 1.29 is 26.3 Å². The Hall–Kier alpha value is -3.01. The van der Waals surface area contributed by atoms with Crippen LogP contribution >= 0.6 is 0 Å². The van der Waals surface area contributed by atoms with Gasteiger partial charge in [0.25, 0.3) is 10.0 Å². The van der Waals surface area contributed by atoms with E-state index in [1.54, 1.807) is 30.3 Å². The van der Waals surface area contributed by atoms with Gasteiger partial charge in [-0.2, -0.15) is 9.40 Å². The standard InChI is InChI=1S/C16H12F3N3O3S/c17-16(18,19)22(15-10-11-20-21-15)26(23,24)14-9-5-4-8-13(14)25-12-6-2-1-3-7-12/h1-11H,(H,20,21). The monoisotopic (exact) mass is 383 g/mol. The number of hydrogen-bond acceptors (Lipinski definition) is 4. The number of hydrogen-bond donors (Lipinski definition) is 1. The summed E-state index contributed by atoms with van der Waals surface area (Å²) in [4.78, 5) is -0.629. The van der Waals surface area contributed by atoms with Gasteiger partial charge in [0.2, 0.25) is 0 Å². The van der Waals surface area contributed by atoms with Crippen LogP contribution in [-0.2, 0) is 10.0 Å². The topological polar surface area (TPSA) is 75.3 Å². The molecule has 0 atom stereocenters. The van der Waals surface area contributed by atoms with Crippen LogP contribution in [-0.4, -0.2) is 24.9 Å². The highest BCUT2D eigenvalue weighted by Crippen LogP contribution is 2.37. The predicted molar refractivity (Wildman–Crippen MR) is 87.3 cm³/mol. The average molecular weight is 383 g/mol. The Kier molecular flexibility index (Phi) is 4.60. The molecule has 0 aliphatic heterocycles. The molecular weight excluding hydrogens is 371 g/mol. The van der Waals surface area contributed by atoms with Crippen LogP contribution in [0.5, 0.6) is 11.5 Å². The van der Waals surface area contributed by atoms with E-state index in [2.05, 4.69) is 5.10 Å². The van der Waals surface area contributed by atoms with Crippen LogP contribution in [0.25, 0.3) is 0 Å². The summed E-state index contributed by atoms with van der Waals surface area (Å²) in [6.45, 7) is 0. The Morgan fingerprint density at radius 3 is 2.23 bits per heavy atom. The van der Waals surface area contributed by atoms with Gasteiger partial charge in [0, 0.05) is 6.07 Å². The van der Waals surface area contributed by atoms with Gasteiger partial charge in [-0.05, 0) is 24.3 Å². The third kappa shape index (κ3) is 3.49. The molecule has 3 aromatic rings. The molecule has 10 heteroatoms. The molecule has 0 bridgehead atoms. The largest absolute Gasteiger partial charge is 0.499 e. The molecular formula is C16H12F3N3O3S. The second-order valence-electron chi connectivity index (χ2n) is 5.04. The van der Waals surface area contributed by atoms with Gasteiger partial charge in [0.1, 0.15) is 22.2 Å². The van der Waals surface area contributed by atoms with Gasteiger partial charge >= 0.3 is 6.30 Å². The SMILES string of the molecule is O=S(=O)(c1ccccc1Oc1ccccc1)N(c1ccn[nH]1)C(F)(F)F. The fourth-order valence-corrected chi connectivity index (χ4v) is 3.67. The normalized spacial score (nSPS) is 12.0. The quantitative estimate of drug-likeness (QED) is 0.678. The third-order valence-corrected chi connectivity index (χ3v) is 5.05. The van der Waals surface area contributed by atoms with E-state index < -0.39 is 31.3 Å². The van der Waals surface area contributed by atoms with Crippen molar-refractivity contribution in [3.63, 3.8) is 0 Å². The molecule has 0 spiro atoms. The van der Waals surface area contributed by atoms with Gasteiger partial charge in [0.05, 0.1) is 6.20 Å². The van der Waals surface area contributed by atoms with Gasteiger partial charge in [0.15, 0.2) is 0 Å². The highest BCUT2D eigenvalue weighted by molar-refractivity contribution is 7.93. The van der Waals surface area contributed by atoms with Crippen molar-refractivity contribution in [1.29, 1.82) is 0 Å². The number of H-pyrrole nitrogens is 1. The molecule has 136 valence electrons. The number of sulfonamides is 1. The van der Waals surface area contributed by atoms with E-state index in [1.807, 2.05) is 5.10 Å². The second-order valence-corrected chi connectivity index (χ2v) is 6.80. The number of aromatic nitrogens is 2. The lowest BCUT2D eigenvalue weighted by atomic mass is 10.3. The first-order valence-corrected chi connectivity index (χ1v) is 8.67. The van der Waals surface area contributed by atoms with Crippen molar-refractivity contribution in [1.82, 2.24) is 10.2 Å². The Morgan fingerprint density at radius 1 is 0.962 bits per heavy atom. The van der Waals surface area contributed by atoms with E-state index in [0.717, 1.165) is 18.3 Å². The van der Waals surface area contributed by atoms with E-state index in [4.69, 9.17) is 4.74 Å². The minimum atomic E-state index is -5.20. The Balaban J connectivity index is 2.09. The van der Waals surface area contributed by atoms with Crippen LogP contribution in [0.15, 0.2) is 71.8 Å². The lowest BCUT2D eigenvalue weighted by Gasteiger charge is -2.25. The molecule has 0 aliphatic rings. The Bertz CT molecular complexity index is 975. The molecule has 0 unspecified atom stereocenters. The molecule has 0 fully saturated rings. The molecule has 0 saturated heterocycles. The highest BCUT2D eigenvalue weighted by atomic mass is 32.2. The molecule has 3 rings (SSSR count). The molecule has 0 aliphatic carbocycles. The first kappa shape index (κ1) is 17.8. The predicted octanol–water partition coefficient (Wildman–Crippen LogP) is 3.92. The maximum absolute atomic E-state index is 13.5. The van der Waals surface area contributed by atoms with Gasteiger partial charge in [-0.15, -0.1) is 13.2 Å². The van der Waals surface area contributed by atoms with E-state index in [-0.39, 0.29) is 11.5 Å². The Morgan fingerprint density at radius 2 is 1.62 bits per heavy atom. The first-order chi connectivity index (χ1) is 12.3. The van der Waals surface area contributed by atoms with Crippen molar-refractivity contribution in [2.24, 2.45) is 0 Å². The van der Waals surface area contributed by atoms with Crippen LogP contribution < -0.4 is 9.04 Å². The summed E-state index contributed by atoms with van der Waals surface area (Å²) in [5, 5.41) is 5.42. The summed E-state index contributed by atoms with van der Waals surface area (Å²) in [6.07, 6.45) is -4.18. The summed E-state index contributed by atoms with van der Waals surface area (Å²) >= 11 is 0. The first-order valence-electron chi connectivity index (χ1n) is 7.23. The molecule has 2 aromatic carbocycles. The summed E-state index contributed by atoms with van der Waals surface area (Å²) in [6, 6.07) is 14.1. The number of aromatic amines is 1. The summed E-state index contributed by atoms with van der Waals surface area (Å²) < 4.78 is 70.8. The van der Waals surface area contributed by atoms with E-state index >= 15 is 0 Å². The fraction of sp³-hybridized carbons (Fsp3) is 0.0625. The zero-order valence-electron chi connectivity index (χ0n) is 13.0. The van der Waals surface area contributed by atoms with Gasteiger partial charge in [-0.3, -0.25) is 5.10 Å². The van der Waals surface area contributed by atoms with Crippen molar-refractivity contribution in [3.8, 4) is 11.5 Å². The van der Waals surface area contributed by atoms with Gasteiger partial charge in [-0.25, -0.2) is 8.42 Å². The number of nitrogens with zero attached hydrogens (tertiary/aromatic N) is 2. The zero-order chi connectivity index (χ0) is 18.8. The fourth-order valence-electron chi connectivity index (χ4n) is 2.23. The smallest absolute Gasteiger partial charge is 0.456 e. The van der Waals surface area contributed by atoms with E-state index in [0.29, 0.717) is 0 Å². The number of alkyl halides is 3. The number of anilines is 1. The molecule has 1 N–H and O–H groups in total. The van der Waals surface area contributed by atoms with Crippen LogP contribution in [0.2, 0.25) is 0 Å². The van der Waals surface area contributed by atoms with Gasteiger partial charge in [-0.1, -0.05) is 30.3 Å². The van der Waals surface area contributed by atoms with Gasteiger partial charge < -0.3 is 4.74 Å². The van der Waals surface area contributed by atoms with Crippen LogP contribution in [0.4, 0.5) is 19.0 Å². The lowest BCUT2D eigenvalue weighted by molar-refractivity contribution is -0.116. The minimum Gasteiger partial charge on any atom is -0.456 e. The second kappa shape index (κ2) is 6.71. The van der Waals surface area contributed by atoms with Crippen molar-refractivity contribution in [3.05, 3.63) is 66.9 Å². The molecule has 1 heterocycles. The number of nitrogens with one attached hydrogen (secondary N) is 1. The molecule has 0 radical (unpaired) electrons. The average Bonchev–Trinajstić information content (AvgIpc) is 3.08. The number of halogens is 3. The summed E-state index contributed by atoms with van der Waals surface area (Å²) in [5.74, 6) is -0.672. The molecule has 6 nitrogen and oxygen atoms in total. The summed E-state index contributed by atoms with van der Waals surface area (Å²) in [7, 11) is -5.02. The van der Waals surface area contributed by atoms with Crippen molar-refractivity contribution >= 4 is 15.8 Å². The maximum atomic E-state index is 13.5. The number of benzene rings is 2. The van der Waals surface area contributed by atoms with Crippen LogP contribution in [0, 0.1) is 0 Å². The number of para-hydroxylation sites is 2. The molecule has 0 saturated carbocycles. The highest BCUT2D eigenvalue weighted by Gasteiger charge is 2.48. The van der Waals surface area contributed by atoms with E-state index in [9.17, 15) is 21.6 Å². The van der Waals surface area contributed by atoms with Crippen LogP contribution in [0.1, 0.15) is 0 Å². The lowest BCUT2D eigenvalue weighted by Crippen LogP contribution is -2.43. The minimum absolute atomic E-state index is 0.229. The molecule has 0 amide bonds. The number of ether oxygens (including phenoxy) is 1. The molecule has 26 heavy (non-hydrogen) atoms. The van der Waals surface area contributed by atoms with Crippen molar-refractivity contribution in [2.45, 2.75) is 11.2 Å². The maximum Gasteiger partial charge on any atom is 0.499 e. The summed E-state index contributed by atoms with van der Waals surface area (Å²) in [5.41, 5.74) is 0.